The summed E-state index contributed by atoms with van der Waals surface area (Å²) in [6, 6.07) is 6.08. The molecule has 0 saturated heterocycles. The summed E-state index contributed by atoms with van der Waals surface area (Å²) < 4.78 is 13.4. The molecule has 1 N–H and O–H groups in total. The number of benzene rings is 1. The molecule has 0 aliphatic heterocycles. The Hall–Kier alpha value is -1.22. The van der Waals surface area contributed by atoms with E-state index in [1.165, 1.54) is 12.1 Å². The molecule has 15 heavy (non-hydrogen) atoms. The van der Waals surface area contributed by atoms with Crippen molar-refractivity contribution in [3.05, 3.63) is 35.6 Å². The molecule has 0 aliphatic carbocycles. The van der Waals surface area contributed by atoms with Crippen molar-refractivity contribution in [2.75, 3.05) is 13.6 Å². The number of nitrogens with one attached hydrogen (secondary N) is 1. The predicted molar refractivity (Wildman–Crippen MR) is 58.4 cm³/mol. The van der Waals surface area contributed by atoms with E-state index in [2.05, 4.69) is 5.32 Å². The zero-order valence-electron chi connectivity index (χ0n) is 9.30. The van der Waals surface area contributed by atoms with Gasteiger partial charge in [0, 0.05) is 12.0 Å². The molecule has 2 nitrogen and oxygen atoms in total. The number of halogens is 1. The first-order valence-corrected chi connectivity index (χ1v) is 4.93. The van der Waals surface area contributed by atoms with Crippen LogP contribution in [0.3, 0.4) is 0 Å². The molecule has 0 atom stereocenters. The van der Waals surface area contributed by atoms with Gasteiger partial charge < -0.3 is 5.32 Å². The Bertz CT molecular complexity index is 360. The number of Topliss-reactive ketones (excluding diaryl/α,β-unsaturated/α-hetero) is 1. The van der Waals surface area contributed by atoms with Crippen molar-refractivity contribution < 1.29 is 9.18 Å². The van der Waals surface area contributed by atoms with Crippen LogP contribution < -0.4 is 5.32 Å². The Labute approximate surface area is 89.5 Å². The fourth-order valence-corrected chi connectivity index (χ4v) is 1.53. The lowest BCUT2D eigenvalue weighted by molar-refractivity contribution is 0.0834. The van der Waals surface area contributed by atoms with Gasteiger partial charge in [0.25, 0.3) is 0 Å². The van der Waals surface area contributed by atoms with Crippen molar-refractivity contribution in [2.24, 2.45) is 5.41 Å². The van der Waals surface area contributed by atoms with Crippen LogP contribution in [0.5, 0.6) is 0 Å². The van der Waals surface area contributed by atoms with Crippen molar-refractivity contribution in [3.63, 3.8) is 0 Å². The van der Waals surface area contributed by atoms with Gasteiger partial charge in [-0.15, -0.1) is 0 Å². The van der Waals surface area contributed by atoms with E-state index in [-0.39, 0.29) is 11.3 Å². The highest BCUT2D eigenvalue weighted by molar-refractivity contribution is 6.00. The van der Waals surface area contributed by atoms with Crippen molar-refractivity contribution >= 4 is 5.78 Å². The maximum absolute atomic E-state index is 13.4. The maximum Gasteiger partial charge on any atom is 0.172 e. The van der Waals surface area contributed by atoms with Crippen LogP contribution >= 0.6 is 0 Å². The molecule has 0 unspecified atom stereocenters. The third-order valence-corrected chi connectivity index (χ3v) is 2.35. The second kappa shape index (κ2) is 4.53. The van der Waals surface area contributed by atoms with Crippen LogP contribution in [0, 0.1) is 11.2 Å². The molecule has 0 spiro atoms. The predicted octanol–water partition coefficient (Wildman–Crippen LogP) is 2.25. The molecule has 0 bridgehead atoms. The van der Waals surface area contributed by atoms with Crippen LogP contribution in [0.25, 0.3) is 0 Å². The average Bonchev–Trinajstić information content (AvgIpc) is 2.17. The van der Waals surface area contributed by atoms with Gasteiger partial charge in [0.2, 0.25) is 0 Å². The Morgan fingerprint density at radius 3 is 2.53 bits per heavy atom. The van der Waals surface area contributed by atoms with E-state index < -0.39 is 11.2 Å². The monoisotopic (exact) mass is 209 g/mol. The number of hydrogen-bond acceptors (Lipinski definition) is 2. The van der Waals surface area contributed by atoms with E-state index in [9.17, 15) is 9.18 Å². The zero-order valence-corrected chi connectivity index (χ0v) is 9.30. The van der Waals surface area contributed by atoms with Gasteiger partial charge >= 0.3 is 0 Å². The first kappa shape index (κ1) is 11.9. The van der Waals surface area contributed by atoms with E-state index in [4.69, 9.17) is 0 Å². The van der Waals surface area contributed by atoms with Crippen molar-refractivity contribution in [3.8, 4) is 0 Å². The minimum atomic E-state index is -0.586. The fourth-order valence-electron chi connectivity index (χ4n) is 1.53. The molecule has 0 saturated carbocycles. The quantitative estimate of drug-likeness (QED) is 0.771. The van der Waals surface area contributed by atoms with Gasteiger partial charge in [-0.25, -0.2) is 4.39 Å². The molecule has 82 valence electrons. The first-order chi connectivity index (χ1) is 6.99. The largest absolute Gasteiger partial charge is 0.319 e. The first-order valence-electron chi connectivity index (χ1n) is 4.93. The summed E-state index contributed by atoms with van der Waals surface area (Å²) in [5.74, 6) is -0.623. The van der Waals surface area contributed by atoms with Crippen LogP contribution in [-0.4, -0.2) is 19.4 Å². The minimum Gasteiger partial charge on any atom is -0.319 e. The third kappa shape index (κ3) is 2.63. The molecule has 1 aromatic rings. The van der Waals surface area contributed by atoms with Crippen molar-refractivity contribution in [2.45, 2.75) is 13.8 Å². The number of hydrogen-bond donors (Lipinski definition) is 1. The normalized spacial score (nSPS) is 11.5. The Morgan fingerprint density at radius 2 is 2.00 bits per heavy atom. The van der Waals surface area contributed by atoms with Crippen molar-refractivity contribution in [1.82, 2.24) is 5.32 Å². The molecular weight excluding hydrogens is 193 g/mol. The lowest BCUT2D eigenvalue weighted by Crippen LogP contribution is -2.35. The second-order valence-electron chi connectivity index (χ2n) is 4.22. The lowest BCUT2D eigenvalue weighted by Gasteiger charge is -2.22. The van der Waals surface area contributed by atoms with E-state index in [0.717, 1.165) is 0 Å². The molecule has 0 radical (unpaired) electrons. The minimum absolute atomic E-state index is 0.165. The summed E-state index contributed by atoms with van der Waals surface area (Å²) in [6.07, 6.45) is 0. The summed E-state index contributed by atoms with van der Waals surface area (Å²) in [4.78, 5) is 12.0. The van der Waals surface area contributed by atoms with Gasteiger partial charge in [0.1, 0.15) is 5.82 Å². The molecule has 0 amide bonds. The van der Waals surface area contributed by atoms with Gasteiger partial charge in [-0.2, -0.15) is 0 Å². The molecule has 1 aromatic carbocycles. The summed E-state index contributed by atoms with van der Waals surface area (Å²) in [5, 5.41) is 2.93. The van der Waals surface area contributed by atoms with Crippen LogP contribution in [0.15, 0.2) is 24.3 Å². The standard InChI is InChI=1S/C12H16FNO/c1-12(2,8-14-3)11(15)9-6-4-5-7-10(9)13/h4-7,14H,8H2,1-3H3. The number of carbonyl (C=O) groups excluding carboxylic acids is 1. The van der Waals surface area contributed by atoms with Gasteiger partial charge in [0.15, 0.2) is 5.78 Å². The van der Waals surface area contributed by atoms with E-state index in [1.807, 2.05) is 0 Å². The van der Waals surface area contributed by atoms with E-state index in [0.29, 0.717) is 6.54 Å². The average molecular weight is 209 g/mol. The number of rotatable bonds is 4. The number of ketones is 1. The molecule has 0 aliphatic rings. The zero-order chi connectivity index (χ0) is 11.5. The smallest absolute Gasteiger partial charge is 0.172 e. The van der Waals surface area contributed by atoms with Crippen LogP contribution in [0.4, 0.5) is 4.39 Å². The Balaban J connectivity index is 2.99. The summed E-state index contributed by atoms with van der Waals surface area (Å²) in [7, 11) is 1.77. The van der Waals surface area contributed by atoms with Gasteiger partial charge in [0.05, 0.1) is 5.56 Å². The Kier molecular flexibility index (Phi) is 3.58. The summed E-state index contributed by atoms with van der Waals surface area (Å²) >= 11 is 0. The van der Waals surface area contributed by atoms with Crippen LogP contribution in [-0.2, 0) is 0 Å². The van der Waals surface area contributed by atoms with Gasteiger partial charge in [-0.1, -0.05) is 26.0 Å². The SMILES string of the molecule is CNCC(C)(C)C(=O)c1ccccc1F. The summed E-state index contributed by atoms with van der Waals surface area (Å²) in [6.45, 7) is 4.14. The Morgan fingerprint density at radius 1 is 1.40 bits per heavy atom. The lowest BCUT2D eigenvalue weighted by atomic mass is 9.84. The second-order valence-corrected chi connectivity index (χ2v) is 4.22. The molecule has 1 rings (SSSR count). The maximum atomic E-state index is 13.4. The molecule has 0 fully saturated rings. The summed E-state index contributed by atoms with van der Waals surface area (Å²) in [5.41, 5.74) is -0.422. The molecular formula is C12H16FNO. The fraction of sp³-hybridized carbons (Fsp3) is 0.417. The third-order valence-electron chi connectivity index (χ3n) is 2.35. The van der Waals surface area contributed by atoms with Crippen molar-refractivity contribution in [1.29, 1.82) is 0 Å². The van der Waals surface area contributed by atoms with Gasteiger partial charge in [-0.3, -0.25) is 4.79 Å². The van der Waals surface area contributed by atoms with Crippen LogP contribution in [0.1, 0.15) is 24.2 Å². The highest BCUT2D eigenvalue weighted by Crippen LogP contribution is 2.22. The molecule has 0 aromatic heterocycles. The van der Waals surface area contributed by atoms with Crippen LogP contribution in [0.2, 0.25) is 0 Å². The highest BCUT2D eigenvalue weighted by Gasteiger charge is 2.29. The highest BCUT2D eigenvalue weighted by atomic mass is 19.1. The molecule has 0 heterocycles. The molecule has 3 heteroatoms. The van der Waals surface area contributed by atoms with E-state index in [1.54, 1.807) is 33.0 Å². The topological polar surface area (TPSA) is 29.1 Å². The van der Waals surface area contributed by atoms with Gasteiger partial charge in [-0.05, 0) is 19.2 Å². The number of carbonyl (C=O) groups is 1. The van der Waals surface area contributed by atoms with E-state index >= 15 is 0 Å².